The Kier molecular flexibility index (Phi) is 4.36. The molecule has 6 rings (SSSR count). The van der Waals surface area contributed by atoms with Crippen molar-refractivity contribution in [2.45, 2.75) is 49.9 Å². The molecule has 0 saturated carbocycles. The van der Waals surface area contributed by atoms with Crippen molar-refractivity contribution in [3.8, 4) is 11.8 Å². The van der Waals surface area contributed by atoms with E-state index >= 15 is 4.39 Å². The monoisotopic (exact) mass is 480 g/mol. The van der Waals surface area contributed by atoms with Gasteiger partial charge in [0.05, 0.1) is 21.4 Å². The van der Waals surface area contributed by atoms with Crippen LogP contribution in [0.1, 0.15) is 32.1 Å². The summed E-state index contributed by atoms with van der Waals surface area (Å²) in [6, 6.07) is 2.01. The molecule has 160 valence electrons. The number of hydrogen-bond acceptors (Lipinski definition) is 6. The molecule has 0 bridgehead atoms. The zero-order chi connectivity index (χ0) is 20.5. The van der Waals surface area contributed by atoms with Crippen molar-refractivity contribution in [3.63, 3.8) is 0 Å². The van der Waals surface area contributed by atoms with E-state index in [1.165, 1.54) is 0 Å². The predicted molar refractivity (Wildman–Crippen MR) is 112 cm³/mol. The van der Waals surface area contributed by atoms with Gasteiger partial charge in [0.25, 0.3) is 0 Å². The van der Waals surface area contributed by atoms with Crippen LogP contribution in [-0.2, 0) is 0 Å². The number of rotatable bonds is 3. The molecule has 0 aliphatic carbocycles. The summed E-state index contributed by atoms with van der Waals surface area (Å²) in [6.45, 7) is 3.06. The van der Waals surface area contributed by atoms with E-state index < -0.39 is 12.0 Å². The van der Waals surface area contributed by atoms with Crippen LogP contribution < -0.4 is 14.4 Å². The van der Waals surface area contributed by atoms with Gasteiger partial charge in [0.2, 0.25) is 0 Å². The van der Waals surface area contributed by atoms with E-state index in [0.29, 0.717) is 47.6 Å². The van der Waals surface area contributed by atoms with E-state index in [4.69, 9.17) is 14.5 Å². The van der Waals surface area contributed by atoms with Crippen LogP contribution in [0.2, 0.25) is 0 Å². The van der Waals surface area contributed by atoms with E-state index in [2.05, 4.69) is 30.7 Å². The Bertz CT molecular complexity index is 1020. The molecule has 9 heteroatoms. The zero-order valence-corrected chi connectivity index (χ0v) is 18.1. The maximum Gasteiger partial charge on any atom is 0.319 e. The van der Waals surface area contributed by atoms with Gasteiger partial charge >= 0.3 is 6.01 Å². The van der Waals surface area contributed by atoms with Crippen LogP contribution in [-0.4, -0.2) is 65.5 Å². The topological polar surface area (TPSA) is 50.7 Å². The average molecular weight is 481 g/mol. The first-order chi connectivity index (χ1) is 14.5. The molecule has 0 radical (unpaired) electrons. The van der Waals surface area contributed by atoms with E-state index in [1.807, 2.05) is 0 Å². The van der Waals surface area contributed by atoms with Gasteiger partial charge in [-0.2, -0.15) is 9.97 Å². The van der Waals surface area contributed by atoms with E-state index in [1.54, 1.807) is 6.07 Å². The lowest BCUT2D eigenvalue weighted by Crippen LogP contribution is -2.43. The number of alkyl halides is 1. The Morgan fingerprint density at radius 3 is 3.10 bits per heavy atom. The van der Waals surface area contributed by atoms with Crippen LogP contribution in [0.25, 0.3) is 10.9 Å². The first-order valence-corrected chi connectivity index (χ1v) is 11.4. The number of hydrogen-bond donors (Lipinski definition) is 0. The Balaban J connectivity index is 1.42. The number of anilines is 1. The second kappa shape index (κ2) is 6.88. The molecule has 4 aliphatic heterocycles. The molecular formula is C21H23BrF2N4O2. The summed E-state index contributed by atoms with van der Waals surface area (Å²) in [5.41, 5.74) is -0.103. The number of ether oxygens (including phenoxy) is 2. The molecule has 2 aromatic rings. The van der Waals surface area contributed by atoms with Crippen molar-refractivity contribution in [3.05, 3.63) is 16.4 Å². The van der Waals surface area contributed by atoms with E-state index in [9.17, 15) is 4.39 Å². The summed E-state index contributed by atoms with van der Waals surface area (Å²) < 4.78 is 41.5. The first-order valence-electron chi connectivity index (χ1n) is 10.7. The fourth-order valence-corrected chi connectivity index (χ4v) is 6.08. The highest BCUT2D eigenvalue weighted by molar-refractivity contribution is 9.10. The number of halogens is 3. The summed E-state index contributed by atoms with van der Waals surface area (Å²) in [7, 11) is 0. The standard InChI is InChI=1S/C21H23BrF2N4O2/c22-14-7-15-16-18(17(14)24)25-20(26-19(16)28-6-1-3-13(28)10-29-15)30-11-21-4-2-5-27(21)9-12(23)8-21/h7,12-13H,1-6,8-11H2/t12-,13+,21+/m1/s1. The largest absolute Gasteiger partial charge is 0.491 e. The lowest BCUT2D eigenvalue weighted by Gasteiger charge is -2.31. The summed E-state index contributed by atoms with van der Waals surface area (Å²) in [4.78, 5) is 13.5. The molecule has 3 saturated heterocycles. The quantitative estimate of drug-likeness (QED) is 0.664. The van der Waals surface area contributed by atoms with Gasteiger partial charge in [-0.3, -0.25) is 4.90 Å². The molecule has 0 amide bonds. The van der Waals surface area contributed by atoms with Crippen molar-refractivity contribution < 1.29 is 18.3 Å². The average Bonchev–Trinajstić information content (AvgIpc) is 3.39. The first kappa shape index (κ1) is 19.0. The van der Waals surface area contributed by atoms with Crippen LogP contribution >= 0.6 is 15.9 Å². The molecule has 30 heavy (non-hydrogen) atoms. The van der Waals surface area contributed by atoms with Gasteiger partial charge in [0.15, 0.2) is 5.82 Å². The second-order valence-corrected chi connectivity index (χ2v) is 9.74. The van der Waals surface area contributed by atoms with Crippen molar-refractivity contribution in [2.24, 2.45) is 0 Å². The number of nitrogens with zero attached hydrogens (tertiary/aromatic N) is 4. The van der Waals surface area contributed by atoms with Gasteiger partial charge in [-0.25, -0.2) is 8.78 Å². The highest BCUT2D eigenvalue weighted by Gasteiger charge is 2.49. The zero-order valence-electron chi connectivity index (χ0n) is 16.5. The van der Waals surface area contributed by atoms with Crippen LogP contribution in [0.3, 0.4) is 0 Å². The molecule has 1 aromatic carbocycles. The molecule has 4 aliphatic rings. The highest BCUT2D eigenvalue weighted by Crippen LogP contribution is 2.44. The molecule has 5 heterocycles. The third kappa shape index (κ3) is 2.81. The molecule has 1 aromatic heterocycles. The predicted octanol–water partition coefficient (Wildman–Crippen LogP) is 3.85. The minimum absolute atomic E-state index is 0.150. The van der Waals surface area contributed by atoms with Gasteiger partial charge < -0.3 is 14.4 Å². The van der Waals surface area contributed by atoms with Gasteiger partial charge in [0.1, 0.15) is 36.5 Å². The Morgan fingerprint density at radius 1 is 1.30 bits per heavy atom. The second-order valence-electron chi connectivity index (χ2n) is 8.89. The van der Waals surface area contributed by atoms with Gasteiger partial charge in [-0.1, -0.05) is 0 Å². The van der Waals surface area contributed by atoms with E-state index in [-0.39, 0.29) is 23.1 Å². The number of benzene rings is 1. The molecular weight excluding hydrogens is 458 g/mol. The fourth-order valence-electron chi connectivity index (χ4n) is 5.69. The van der Waals surface area contributed by atoms with Crippen LogP contribution in [0.5, 0.6) is 11.8 Å². The lowest BCUT2D eigenvalue weighted by atomic mass is 9.95. The van der Waals surface area contributed by atoms with Gasteiger partial charge in [-0.15, -0.1) is 0 Å². The third-order valence-electron chi connectivity index (χ3n) is 7.10. The normalized spacial score (nSPS) is 30.3. The summed E-state index contributed by atoms with van der Waals surface area (Å²) in [5, 5.41) is 0.595. The van der Waals surface area contributed by atoms with Gasteiger partial charge in [0, 0.05) is 19.5 Å². The van der Waals surface area contributed by atoms with Crippen molar-refractivity contribution in [1.82, 2.24) is 14.9 Å². The minimum Gasteiger partial charge on any atom is -0.491 e. The Labute approximate surface area is 181 Å². The smallest absolute Gasteiger partial charge is 0.319 e. The van der Waals surface area contributed by atoms with Crippen molar-refractivity contribution >= 4 is 32.7 Å². The Hall–Kier alpha value is -1.74. The SMILES string of the molecule is Fc1c(Br)cc2c3c(nc(OC[C@@]45CCCN4C[C@H](F)C5)nc13)N1CCC[C@H]1CO2. The van der Waals surface area contributed by atoms with Crippen LogP contribution in [0.15, 0.2) is 10.5 Å². The fraction of sp³-hybridized carbons (Fsp3) is 0.619. The molecule has 3 fully saturated rings. The number of fused-ring (bicyclic) bond motifs is 3. The summed E-state index contributed by atoms with van der Waals surface area (Å²) in [5.74, 6) is 0.812. The van der Waals surface area contributed by atoms with Crippen LogP contribution in [0, 0.1) is 5.82 Å². The minimum atomic E-state index is -0.824. The van der Waals surface area contributed by atoms with Gasteiger partial charge in [-0.05, 0) is 54.2 Å². The Morgan fingerprint density at radius 2 is 2.20 bits per heavy atom. The van der Waals surface area contributed by atoms with Crippen molar-refractivity contribution in [2.75, 3.05) is 37.7 Å². The molecule has 3 atom stereocenters. The van der Waals surface area contributed by atoms with Crippen LogP contribution in [0.4, 0.5) is 14.6 Å². The highest BCUT2D eigenvalue weighted by atomic mass is 79.9. The van der Waals surface area contributed by atoms with E-state index in [0.717, 1.165) is 38.8 Å². The molecule has 6 nitrogen and oxygen atoms in total. The van der Waals surface area contributed by atoms with Crippen molar-refractivity contribution in [1.29, 1.82) is 0 Å². The lowest BCUT2D eigenvalue weighted by molar-refractivity contribution is 0.107. The summed E-state index contributed by atoms with van der Waals surface area (Å²) in [6.07, 6.45) is 3.64. The third-order valence-corrected chi connectivity index (χ3v) is 7.68. The summed E-state index contributed by atoms with van der Waals surface area (Å²) >= 11 is 3.29. The maximum atomic E-state index is 15.1. The molecule has 0 unspecified atom stereocenters. The number of aromatic nitrogens is 2. The maximum absolute atomic E-state index is 15.1. The molecule has 0 spiro atoms. The molecule has 0 N–H and O–H groups in total.